The average Bonchev–Trinajstić information content (AvgIpc) is 2.46. The topological polar surface area (TPSA) is 37.0 Å². The van der Waals surface area contributed by atoms with Crippen LogP contribution in [-0.4, -0.2) is 17.6 Å². The van der Waals surface area contributed by atoms with E-state index in [1.807, 2.05) is 12.4 Å². The second-order valence-electron chi connectivity index (χ2n) is 5.55. The number of nitrogens with one attached hydrogen (secondary N) is 2. The van der Waals surface area contributed by atoms with Crippen molar-refractivity contribution < 1.29 is 0 Å². The third-order valence-electron chi connectivity index (χ3n) is 4.13. The van der Waals surface area contributed by atoms with Gasteiger partial charge >= 0.3 is 0 Å². The van der Waals surface area contributed by atoms with E-state index < -0.39 is 0 Å². The Hall–Kier alpha value is -1.25. The van der Waals surface area contributed by atoms with Crippen LogP contribution < -0.4 is 10.6 Å². The highest BCUT2D eigenvalue weighted by Gasteiger charge is 2.22. The summed E-state index contributed by atoms with van der Waals surface area (Å²) >= 11 is 0. The molecule has 0 saturated heterocycles. The molecule has 106 valence electrons. The number of rotatable bonds is 6. The fourth-order valence-corrected chi connectivity index (χ4v) is 3.12. The molecule has 1 heterocycles. The molecule has 1 aliphatic rings. The first-order valence-electron chi connectivity index (χ1n) is 7.79. The van der Waals surface area contributed by atoms with Crippen molar-refractivity contribution in [2.75, 3.05) is 17.2 Å². The molecule has 3 nitrogen and oxygen atoms in total. The second kappa shape index (κ2) is 7.37. The lowest BCUT2D eigenvalue weighted by Crippen LogP contribution is -2.30. The van der Waals surface area contributed by atoms with Gasteiger partial charge in [-0.2, -0.15) is 0 Å². The SMILES string of the molecule is CCNc1cncc(NC(CC)C2CCCCC2)c1. The molecule has 3 heteroatoms. The molecular formula is C16H27N3. The molecule has 1 fully saturated rings. The van der Waals surface area contributed by atoms with Crippen LogP contribution in [0.15, 0.2) is 18.5 Å². The van der Waals surface area contributed by atoms with Crippen LogP contribution in [0.25, 0.3) is 0 Å². The van der Waals surface area contributed by atoms with Crippen LogP contribution in [0.3, 0.4) is 0 Å². The summed E-state index contributed by atoms with van der Waals surface area (Å²) in [4.78, 5) is 4.31. The quantitative estimate of drug-likeness (QED) is 0.802. The Balaban J connectivity index is 1.98. The van der Waals surface area contributed by atoms with Crippen LogP contribution in [0.5, 0.6) is 0 Å². The summed E-state index contributed by atoms with van der Waals surface area (Å²) in [6.45, 7) is 5.33. The van der Waals surface area contributed by atoms with Gasteiger partial charge in [0.2, 0.25) is 0 Å². The zero-order chi connectivity index (χ0) is 13.5. The molecule has 1 aromatic heterocycles. The molecule has 0 aliphatic heterocycles. The molecule has 2 N–H and O–H groups in total. The highest BCUT2D eigenvalue weighted by Crippen LogP contribution is 2.29. The van der Waals surface area contributed by atoms with Gasteiger partial charge in [0.15, 0.2) is 0 Å². The van der Waals surface area contributed by atoms with Crippen molar-refractivity contribution in [3.8, 4) is 0 Å². The molecule has 1 saturated carbocycles. The van der Waals surface area contributed by atoms with Gasteiger partial charge < -0.3 is 10.6 Å². The lowest BCUT2D eigenvalue weighted by Gasteiger charge is -2.31. The van der Waals surface area contributed by atoms with Gasteiger partial charge in [-0.05, 0) is 38.2 Å². The molecule has 1 aromatic rings. The maximum atomic E-state index is 4.31. The second-order valence-corrected chi connectivity index (χ2v) is 5.55. The number of anilines is 2. The van der Waals surface area contributed by atoms with Crippen LogP contribution >= 0.6 is 0 Å². The van der Waals surface area contributed by atoms with Crippen molar-refractivity contribution in [3.63, 3.8) is 0 Å². The Morgan fingerprint density at radius 2 is 1.89 bits per heavy atom. The van der Waals surface area contributed by atoms with Gasteiger partial charge in [0.05, 0.1) is 23.8 Å². The lowest BCUT2D eigenvalue weighted by molar-refractivity contribution is 0.313. The third-order valence-corrected chi connectivity index (χ3v) is 4.13. The van der Waals surface area contributed by atoms with Crippen molar-refractivity contribution >= 4 is 11.4 Å². The molecule has 1 aliphatic carbocycles. The smallest absolute Gasteiger partial charge is 0.0549 e. The van der Waals surface area contributed by atoms with Gasteiger partial charge in [0.25, 0.3) is 0 Å². The molecule has 19 heavy (non-hydrogen) atoms. The Labute approximate surface area is 117 Å². The van der Waals surface area contributed by atoms with Crippen molar-refractivity contribution in [3.05, 3.63) is 18.5 Å². The number of aromatic nitrogens is 1. The zero-order valence-electron chi connectivity index (χ0n) is 12.3. The molecule has 1 atom stereocenters. The Bertz CT molecular complexity index is 372. The fraction of sp³-hybridized carbons (Fsp3) is 0.688. The van der Waals surface area contributed by atoms with Crippen molar-refractivity contribution in [1.82, 2.24) is 4.98 Å². The van der Waals surface area contributed by atoms with E-state index in [-0.39, 0.29) is 0 Å². The largest absolute Gasteiger partial charge is 0.384 e. The lowest BCUT2D eigenvalue weighted by atomic mass is 9.83. The van der Waals surface area contributed by atoms with Gasteiger partial charge in [-0.1, -0.05) is 26.2 Å². The molecule has 0 bridgehead atoms. The summed E-state index contributed by atoms with van der Waals surface area (Å²) in [5.74, 6) is 0.835. The van der Waals surface area contributed by atoms with Crippen molar-refractivity contribution in [1.29, 1.82) is 0 Å². The maximum absolute atomic E-state index is 4.31. The molecule has 0 aromatic carbocycles. The Kier molecular flexibility index (Phi) is 5.49. The third kappa shape index (κ3) is 4.12. The van der Waals surface area contributed by atoms with Crippen LogP contribution in [0, 0.1) is 5.92 Å². The number of hydrogen-bond donors (Lipinski definition) is 2. The first-order chi connectivity index (χ1) is 9.33. The minimum atomic E-state index is 0.596. The van der Waals surface area contributed by atoms with E-state index in [1.54, 1.807) is 0 Å². The standard InChI is InChI=1S/C16H27N3/c1-3-16(13-8-6-5-7-9-13)19-15-10-14(18-4-2)11-17-12-15/h10-13,16,18-19H,3-9H2,1-2H3. The minimum Gasteiger partial charge on any atom is -0.384 e. The number of pyridine rings is 1. The van der Waals surface area contributed by atoms with E-state index in [2.05, 4.69) is 35.5 Å². The Morgan fingerprint density at radius 1 is 1.16 bits per heavy atom. The van der Waals surface area contributed by atoms with Crippen LogP contribution in [0.1, 0.15) is 52.4 Å². The first-order valence-corrected chi connectivity index (χ1v) is 7.79. The summed E-state index contributed by atoms with van der Waals surface area (Å²) < 4.78 is 0. The van der Waals surface area contributed by atoms with Crippen LogP contribution in [0.2, 0.25) is 0 Å². The maximum Gasteiger partial charge on any atom is 0.0549 e. The number of nitrogens with zero attached hydrogens (tertiary/aromatic N) is 1. The van der Waals surface area contributed by atoms with E-state index in [9.17, 15) is 0 Å². The van der Waals surface area contributed by atoms with Gasteiger partial charge in [-0.3, -0.25) is 4.98 Å². The van der Waals surface area contributed by atoms with Crippen LogP contribution in [-0.2, 0) is 0 Å². The van der Waals surface area contributed by atoms with E-state index in [0.29, 0.717) is 6.04 Å². The minimum absolute atomic E-state index is 0.596. The van der Waals surface area contributed by atoms with E-state index in [1.165, 1.54) is 38.5 Å². The summed E-state index contributed by atoms with van der Waals surface area (Å²) in [6.07, 6.45) is 12.0. The highest BCUT2D eigenvalue weighted by atomic mass is 15.0. The average molecular weight is 261 g/mol. The highest BCUT2D eigenvalue weighted by molar-refractivity contribution is 5.54. The predicted octanol–water partition coefficient (Wildman–Crippen LogP) is 4.28. The van der Waals surface area contributed by atoms with Gasteiger partial charge in [-0.15, -0.1) is 0 Å². The summed E-state index contributed by atoms with van der Waals surface area (Å²) in [6, 6.07) is 2.76. The van der Waals surface area contributed by atoms with Gasteiger partial charge in [-0.25, -0.2) is 0 Å². The van der Waals surface area contributed by atoms with Crippen molar-refractivity contribution in [2.24, 2.45) is 5.92 Å². The zero-order valence-corrected chi connectivity index (χ0v) is 12.3. The first kappa shape index (κ1) is 14.2. The molecule has 0 radical (unpaired) electrons. The molecule has 0 spiro atoms. The fourth-order valence-electron chi connectivity index (χ4n) is 3.12. The predicted molar refractivity (Wildman–Crippen MR) is 82.7 cm³/mol. The Morgan fingerprint density at radius 3 is 2.58 bits per heavy atom. The van der Waals surface area contributed by atoms with Crippen molar-refractivity contribution in [2.45, 2.75) is 58.4 Å². The van der Waals surface area contributed by atoms with Crippen LogP contribution in [0.4, 0.5) is 11.4 Å². The normalized spacial score (nSPS) is 18.0. The molecule has 0 amide bonds. The van der Waals surface area contributed by atoms with E-state index in [4.69, 9.17) is 0 Å². The summed E-state index contributed by atoms with van der Waals surface area (Å²) in [5, 5.41) is 7.01. The van der Waals surface area contributed by atoms with Gasteiger partial charge in [0, 0.05) is 12.6 Å². The monoisotopic (exact) mass is 261 g/mol. The van der Waals surface area contributed by atoms with Gasteiger partial charge in [0.1, 0.15) is 0 Å². The molecular weight excluding hydrogens is 234 g/mol. The van der Waals surface area contributed by atoms with E-state index >= 15 is 0 Å². The summed E-state index contributed by atoms with van der Waals surface area (Å²) in [7, 11) is 0. The molecule has 1 unspecified atom stereocenters. The molecule has 2 rings (SSSR count). The van der Waals surface area contributed by atoms with E-state index in [0.717, 1.165) is 23.8 Å². The number of hydrogen-bond acceptors (Lipinski definition) is 3. The summed E-state index contributed by atoms with van der Waals surface area (Å²) in [5.41, 5.74) is 2.25.